The third-order valence-electron chi connectivity index (χ3n) is 4.56. The monoisotopic (exact) mass is 524 g/mol. The lowest BCUT2D eigenvalue weighted by Crippen LogP contribution is -2.50. The van der Waals surface area contributed by atoms with Crippen molar-refractivity contribution < 1.29 is 9.47 Å². The highest BCUT2D eigenvalue weighted by molar-refractivity contribution is 14.0. The van der Waals surface area contributed by atoms with Gasteiger partial charge in [-0.3, -0.25) is 9.89 Å². The van der Waals surface area contributed by atoms with Crippen molar-refractivity contribution in [3.05, 3.63) is 34.9 Å². The van der Waals surface area contributed by atoms with Gasteiger partial charge in [-0.2, -0.15) is 0 Å². The number of rotatable bonds is 9. The van der Waals surface area contributed by atoms with Crippen molar-refractivity contribution in [2.24, 2.45) is 10.7 Å². The van der Waals surface area contributed by atoms with E-state index in [-0.39, 0.29) is 35.6 Å². The normalized spacial score (nSPS) is 18.4. The van der Waals surface area contributed by atoms with E-state index in [9.17, 15) is 0 Å². The number of hydrogen-bond donors (Lipinski definition) is 2. The zero-order valence-corrected chi connectivity index (χ0v) is 20.2. The van der Waals surface area contributed by atoms with Crippen LogP contribution in [0.3, 0.4) is 0 Å². The molecule has 1 atom stereocenters. The van der Waals surface area contributed by atoms with Crippen LogP contribution in [0.25, 0.3) is 0 Å². The van der Waals surface area contributed by atoms with Crippen molar-refractivity contribution in [2.75, 3.05) is 46.0 Å². The number of nitrogens with one attached hydrogen (secondary N) is 1. The quantitative estimate of drug-likeness (QED) is 0.224. The summed E-state index contributed by atoms with van der Waals surface area (Å²) in [7, 11) is 0. The molecule has 1 aliphatic heterocycles. The molecule has 2 rings (SSSR count). The Balaban J connectivity index is 0.00000392. The van der Waals surface area contributed by atoms with Gasteiger partial charge in [-0.05, 0) is 44.9 Å². The molecule has 1 aromatic rings. The molecule has 0 radical (unpaired) electrons. The van der Waals surface area contributed by atoms with E-state index in [0.29, 0.717) is 19.1 Å². The second kappa shape index (κ2) is 12.8. The summed E-state index contributed by atoms with van der Waals surface area (Å²) in [6.07, 6.45) is 0.905. The molecule has 1 saturated heterocycles. The van der Waals surface area contributed by atoms with Gasteiger partial charge in [-0.15, -0.1) is 24.0 Å². The Morgan fingerprint density at radius 3 is 2.75 bits per heavy atom. The highest BCUT2D eigenvalue weighted by atomic mass is 127. The summed E-state index contributed by atoms with van der Waals surface area (Å²) in [5.74, 6) is 0.470. The van der Waals surface area contributed by atoms with Gasteiger partial charge < -0.3 is 20.5 Å². The topological polar surface area (TPSA) is 72.1 Å². The van der Waals surface area contributed by atoms with E-state index in [0.717, 1.165) is 44.3 Å². The minimum absolute atomic E-state index is 0. The summed E-state index contributed by atoms with van der Waals surface area (Å²) >= 11 is 6.07. The van der Waals surface area contributed by atoms with Gasteiger partial charge in [0.2, 0.25) is 0 Å². The molecule has 0 amide bonds. The van der Waals surface area contributed by atoms with Crippen LogP contribution in [0.5, 0.6) is 0 Å². The van der Waals surface area contributed by atoms with Crippen LogP contribution in [0.4, 0.5) is 0 Å². The lowest BCUT2D eigenvalue weighted by atomic mass is 10.0. The van der Waals surface area contributed by atoms with E-state index >= 15 is 0 Å². The van der Waals surface area contributed by atoms with Gasteiger partial charge >= 0.3 is 0 Å². The zero-order chi connectivity index (χ0) is 19.7. The molecule has 1 unspecified atom stereocenters. The maximum absolute atomic E-state index is 6.07. The summed E-state index contributed by atoms with van der Waals surface area (Å²) in [5.41, 5.74) is 7.07. The number of hydrogen-bond acceptors (Lipinski definition) is 4. The standard InChI is InChI=1S/C20H33ClN4O2.HI/c1-4-26-12-5-10-23-19(22)24-14-18(16-6-8-17(21)9-7-16)25-11-13-27-20(2,3)15-25;/h6-9,18H,4-5,10-15H2,1-3H3,(H3,22,23,24);1H. The first-order valence-electron chi connectivity index (χ1n) is 9.66. The van der Waals surface area contributed by atoms with Gasteiger partial charge in [0.05, 0.1) is 24.8 Å². The molecule has 1 fully saturated rings. The molecule has 3 N–H and O–H groups in total. The van der Waals surface area contributed by atoms with Gasteiger partial charge in [-0.1, -0.05) is 23.7 Å². The zero-order valence-electron chi connectivity index (χ0n) is 17.1. The molecule has 0 bridgehead atoms. The molecular formula is C20H34ClIN4O2. The van der Waals surface area contributed by atoms with Crippen molar-refractivity contribution in [1.82, 2.24) is 10.2 Å². The smallest absolute Gasteiger partial charge is 0.188 e. The van der Waals surface area contributed by atoms with Crippen molar-refractivity contribution in [1.29, 1.82) is 0 Å². The van der Waals surface area contributed by atoms with Crippen LogP contribution in [0.1, 0.15) is 38.8 Å². The number of ether oxygens (including phenoxy) is 2. The van der Waals surface area contributed by atoms with Crippen molar-refractivity contribution >= 4 is 41.5 Å². The highest BCUT2D eigenvalue weighted by Crippen LogP contribution is 2.28. The van der Waals surface area contributed by atoms with Crippen LogP contribution >= 0.6 is 35.6 Å². The molecule has 0 spiro atoms. The maximum Gasteiger partial charge on any atom is 0.188 e. The minimum atomic E-state index is -0.171. The van der Waals surface area contributed by atoms with Crippen LogP contribution in [0, 0.1) is 0 Å². The minimum Gasteiger partial charge on any atom is -0.382 e. The number of aliphatic imine (C=N–C) groups is 1. The van der Waals surface area contributed by atoms with Crippen molar-refractivity contribution in [3.8, 4) is 0 Å². The fraction of sp³-hybridized carbons (Fsp3) is 0.650. The number of nitrogens with two attached hydrogens (primary N) is 1. The van der Waals surface area contributed by atoms with E-state index in [1.165, 1.54) is 5.56 Å². The van der Waals surface area contributed by atoms with Crippen LogP contribution in [0.15, 0.2) is 29.3 Å². The number of guanidine groups is 1. The second-order valence-electron chi connectivity index (χ2n) is 7.35. The van der Waals surface area contributed by atoms with Crippen LogP contribution in [-0.4, -0.2) is 62.5 Å². The summed E-state index contributed by atoms with van der Waals surface area (Å²) in [5, 5.41) is 3.90. The van der Waals surface area contributed by atoms with Gasteiger partial charge in [0.25, 0.3) is 0 Å². The number of nitrogens with zero attached hydrogens (tertiary/aromatic N) is 2. The molecule has 1 heterocycles. The van der Waals surface area contributed by atoms with E-state index < -0.39 is 0 Å². The van der Waals surface area contributed by atoms with Crippen LogP contribution in [0.2, 0.25) is 5.02 Å². The molecule has 8 heteroatoms. The fourth-order valence-electron chi connectivity index (χ4n) is 3.21. The number of morpholine rings is 1. The fourth-order valence-corrected chi connectivity index (χ4v) is 3.34. The number of benzene rings is 1. The molecule has 0 aliphatic carbocycles. The molecule has 1 aliphatic rings. The Kier molecular flexibility index (Phi) is 11.7. The predicted molar refractivity (Wildman–Crippen MR) is 127 cm³/mol. The van der Waals surface area contributed by atoms with E-state index in [2.05, 4.69) is 41.2 Å². The van der Waals surface area contributed by atoms with E-state index in [1.807, 2.05) is 19.1 Å². The van der Waals surface area contributed by atoms with E-state index in [1.54, 1.807) is 0 Å². The van der Waals surface area contributed by atoms with Gasteiger partial charge in [0, 0.05) is 37.9 Å². The lowest BCUT2D eigenvalue weighted by molar-refractivity contribution is -0.0967. The molecule has 28 heavy (non-hydrogen) atoms. The SMILES string of the molecule is CCOCCCNC(N)=NCC(c1ccc(Cl)cc1)N1CCOC(C)(C)C1.I. The Morgan fingerprint density at radius 1 is 1.39 bits per heavy atom. The highest BCUT2D eigenvalue weighted by Gasteiger charge is 2.32. The first kappa shape index (κ1) is 25.4. The average molecular weight is 525 g/mol. The predicted octanol–water partition coefficient (Wildman–Crippen LogP) is 3.44. The van der Waals surface area contributed by atoms with Crippen LogP contribution < -0.4 is 11.1 Å². The third kappa shape index (κ3) is 8.82. The first-order valence-corrected chi connectivity index (χ1v) is 10.0. The van der Waals surface area contributed by atoms with Gasteiger partial charge in [0.15, 0.2) is 5.96 Å². The van der Waals surface area contributed by atoms with Crippen molar-refractivity contribution in [2.45, 2.75) is 38.8 Å². The maximum atomic E-state index is 6.07. The molecule has 0 saturated carbocycles. The van der Waals surface area contributed by atoms with E-state index in [4.69, 9.17) is 26.8 Å². The van der Waals surface area contributed by atoms with Crippen molar-refractivity contribution in [3.63, 3.8) is 0 Å². The Morgan fingerprint density at radius 2 is 2.11 bits per heavy atom. The number of halogens is 2. The summed E-state index contributed by atoms with van der Waals surface area (Å²) in [6, 6.07) is 8.12. The molecule has 6 nitrogen and oxygen atoms in total. The molecule has 160 valence electrons. The lowest BCUT2D eigenvalue weighted by Gasteiger charge is -2.42. The second-order valence-corrected chi connectivity index (χ2v) is 7.79. The summed E-state index contributed by atoms with van der Waals surface area (Å²) in [4.78, 5) is 7.01. The molecule has 1 aromatic carbocycles. The summed E-state index contributed by atoms with van der Waals surface area (Å²) < 4.78 is 11.2. The van der Waals surface area contributed by atoms with Crippen LogP contribution in [-0.2, 0) is 9.47 Å². The first-order chi connectivity index (χ1) is 12.9. The average Bonchev–Trinajstić information content (AvgIpc) is 2.62. The largest absolute Gasteiger partial charge is 0.382 e. The Labute approximate surface area is 191 Å². The van der Waals surface area contributed by atoms with Gasteiger partial charge in [-0.25, -0.2) is 0 Å². The summed E-state index contributed by atoms with van der Waals surface area (Å²) in [6.45, 7) is 11.5. The van der Waals surface area contributed by atoms with Gasteiger partial charge in [0.1, 0.15) is 0 Å². The Bertz CT molecular complexity index is 598. The molecule has 0 aromatic heterocycles. The third-order valence-corrected chi connectivity index (χ3v) is 4.81. The Hall–Kier alpha value is -0.610. The molecular weight excluding hydrogens is 491 g/mol.